The monoisotopic (exact) mass is 268 g/mol. The summed E-state index contributed by atoms with van der Waals surface area (Å²) >= 11 is 0. The number of hydrogen-bond acceptors (Lipinski definition) is 3. The van der Waals surface area contributed by atoms with Gasteiger partial charge in [-0.2, -0.15) is 0 Å². The first-order valence-electron chi connectivity index (χ1n) is 6.56. The van der Waals surface area contributed by atoms with Gasteiger partial charge >= 0.3 is 0 Å². The molecule has 1 aromatic rings. The molecular weight excluding hydrogens is 255 g/mol. The molecule has 6 heteroatoms. The van der Waals surface area contributed by atoms with E-state index in [1.165, 1.54) is 4.90 Å². The molecule has 3 rings (SSSR count). The summed E-state index contributed by atoms with van der Waals surface area (Å²) in [6.45, 7) is 0.397. The molecule has 20 heavy (non-hydrogen) atoms. The van der Waals surface area contributed by atoms with Gasteiger partial charge in [-0.05, 0) is 18.1 Å². The molecule has 1 N–H and O–H groups in total. The van der Waals surface area contributed by atoms with E-state index in [9.17, 15) is 14.4 Å². The lowest BCUT2D eigenvalue weighted by molar-refractivity contribution is -0.136. The molecule has 0 saturated carbocycles. The van der Waals surface area contributed by atoms with Crippen molar-refractivity contribution in [3.8, 4) is 0 Å². The maximum atomic E-state index is 12.4. The quantitative estimate of drug-likeness (QED) is 0.611. The minimum Gasteiger partial charge on any atom is -0.322 e. The number of carbonyl (C=O) groups excluding carboxylic acids is 3. The van der Waals surface area contributed by atoms with Gasteiger partial charge in [-0.3, -0.25) is 19.7 Å². The number of nitrogens with one attached hydrogen (secondary N) is 1. The average molecular weight is 268 g/mol. The van der Waals surface area contributed by atoms with Crippen LogP contribution in [0.1, 0.15) is 34.3 Å². The number of rotatable bonds is 2. The predicted molar refractivity (Wildman–Crippen MR) is 71.9 cm³/mol. The number of imide groups is 1. The van der Waals surface area contributed by atoms with Crippen molar-refractivity contribution in [2.75, 3.05) is 0 Å². The van der Waals surface area contributed by atoms with Gasteiger partial charge in [0.15, 0.2) is 0 Å². The Bertz CT molecular complexity index is 614. The van der Waals surface area contributed by atoms with Crippen molar-refractivity contribution in [1.29, 1.82) is 0 Å². The molecule has 1 unspecified atom stereocenters. The van der Waals surface area contributed by atoms with E-state index >= 15 is 0 Å². The lowest BCUT2D eigenvalue weighted by Gasteiger charge is -2.29. The van der Waals surface area contributed by atoms with Crippen LogP contribution in [0, 0.1) is 0 Å². The van der Waals surface area contributed by atoms with Crippen LogP contribution in [0.2, 0.25) is 0 Å². The Morgan fingerprint density at radius 2 is 2.10 bits per heavy atom. The van der Waals surface area contributed by atoms with E-state index in [1.807, 2.05) is 12.1 Å². The topological polar surface area (TPSA) is 66.5 Å². The molecule has 100 valence electrons. The number of hydrogen-bond donors (Lipinski definition) is 1. The first-order valence-corrected chi connectivity index (χ1v) is 6.56. The molecule has 1 atom stereocenters. The Morgan fingerprint density at radius 1 is 1.30 bits per heavy atom. The molecule has 0 bridgehead atoms. The van der Waals surface area contributed by atoms with Crippen LogP contribution in [0.25, 0.3) is 0 Å². The predicted octanol–water partition coefficient (Wildman–Crippen LogP) is 0.116. The van der Waals surface area contributed by atoms with Gasteiger partial charge in [0, 0.05) is 18.5 Å². The molecule has 2 radical (unpaired) electrons. The fourth-order valence-electron chi connectivity index (χ4n) is 2.75. The third-order valence-corrected chi connectivity index (χ3v) is 3.82. The summed E-state index contributed by atoms with van der Waals surface area (Å²) in [7, 11) is 5.59. The zero-order valence-corrected chi connectivity index (χ0v) is 10.9. The van der Waals surface area contributed by atoms with E-state index in [-0.39, 0.29) is 24.1 Å². The summed E-state index contributed by atoms with van der Waals surface area (Å²) in [6.07, 6.45) is 1.07. The molecule has 0 aromatic heterocycles. The van der Waals surface area contributed by atoms with Gasteiger partial charge in [-0.1, -0.05) is 24.0 Å². The first-order chi connectivity index (χ1) is 9.60. The fourth-order valence-corrected chi connectivity index (χ4v) is 2.75. The second kappa shape index (κ2) is 4.78. The summed E-state index contributed by atoms with van der Waals surface area (Å²) in [5.41, 5.74) is 2.47. The molecule has 1 aromatic carbocycles. The highest BCUT2D eigenvalue weighted by atomic mass is 16.2. The Labute approximate surface area is 117 Å². The second-order valence-corrected chi connectivity index (χ2v) is 5.10. The van der Waals surface area contributed by atoms with Gasteiger partial charge in [0.25, 0.3) is 5.91 Å². The third kappa shape index (κ3) is 2.01. The highest BCUT2D eigenvalue weighted by Crippen LogP contribution is 2.28. The van der Waals surface area contributed by atoms with E-state index in [0.29, 0.717) is 24.8 Å². The van der Waals surface area contributed by atoms with E-state index in [1.54, 1.807) is 6.07 Å². The molecule has 1 fully saturated rings. The number of fused-ring (bicyclic) bond motifs is 1. The Hall–Kier alpha value is -2.11. The van der Waals surface area contributed by atoms with Gasteiger partial charge < -0.3 is 4.90 Å². The highest BCUT2D eigenvalue weighted by molar-refractivity contribution is 6.08. The van der Waals surface area contributed by atoms with E-state index in [4.69, 9.17) is 7.85 Å². The SMILES string of the molecule is [B]Cc1ccc2c(c1)CN(C1CCC(=O)NC1=O)C2=O. The second-order valence-electron chi connectivity index (χ2n) is 5.10. The van der Waals surface area contributed by atoms with Crippen LogP contribution in [-0.2, 0) is 22.5 Å². The number of nitrogens with zero attached hydrogens (tertiary/aromatic N) is 1. The van der Waals surface area contributed by atoms with Crippen LogP contribution in [0.15, 0.2) is 18.2 Å². The molecule has 5 nitrogen and oxygen atoms in total. The van der Waals surface area contributed by atoms with Gasteiger partial charge in [-0.15, -0.1) is 0 Å². The van der Waals surface area contributed by atoms with Gasteiger partial charge in [0.1, 0.15) is 6.04 Å². The number of piperidine rings is 1. The van der Waals surface area contributed by atoms with Crippen LogP contribution in [0.5, 0.6) is 0 Å². The van der Waals surface area contributed by atoms with Crippen LogP contribution in [0.4, 0.5) is 0 Å². The maximum absolute atomic E-state index is 12.4. The zero-order chi connectivity index (χ0) is 14.3. The van der Waals surface area contributed by atoms with Crippen LogP contribution in [0.3, 0.4) is 0 Å². The normalized spacial score (nSPS) is 21.9. The number of carbonyl (C=O) groups is 3. The summed E-state index contributed by atoms with van der Waals surface area (Å²) in [4.78, 5) is 36.9. The maximum Gasteiger partial charge on any atom is 0.255 e. The minimum absolute atomic E-state index is 0.155. The molecule has 2 aliphatic rings. The fraction of sp³-hybridized carbons (Fsp3) is 0.357. The molecule has 0 aliphatic carbocycles. The van der Waals surface area contributed by atoms with Crippen LogP contribution < -0.4 is 5.32 Å². The molecule has 2 heterocycles. The molecule has 2 aliphatic heterocycles. The van der Waals surface area contributed by atoms with Gasteiger partial charge in [0.05, 0.1) is 7.85 Å². The van der Waals surface area contributed by atoms with Crippen LogP contribution in [-0.4, -0.2) is 36.5 Å². The Morgan fingerprint density at radius 3 is 2.80 bits per heavy atom. The van der Waals surface area contributed by atoms with Crippen molar-refractivity contribution in [2.45, 2.75) is 31.7 Å². The number of benzene rings is 1. The van der Waals surface area contributed by atoms with Crippen LogP contribution >= 0.6 is 0 Å². The van der Waals surface area contributed by atoms with Crippen molar-refractivity contribution in [3.05, 3.63) is 34.9 Å². The van der Waals surface area contributed by atoms with Crippen molar-refractivity contribution >= 4 is 25.6 Å². The van der Waals surface area contributed by atoms with Crippen molar-refractivity contribution in [2.24, 2.45) is 0 Å². The Balaban J connectivity index is 1.86. The first kappa shape index (κ1) is 12.9. The van der Waals surface area contributed by atoms with Crippen molar-refractivity contribution in [1.82, 2.24) is 10.2 Å². The molecular formula is C14H13BN2O3. The smallest absolute Gasteiger partial charge is 0.255 e. The van der Waals surface area contributed by atoms with Crippen molar-refractivity contribution in [3.63, 3.8) is 0 Å². The lowest BCUT2D eigenvalue weighted by atomic mass is 9.94. The van der Waals surface area contributed by atoms with Gasteiger partial charge in [-0.25, -0.2) is 0 Å². The molecule has 1 saturated heterocycles. The molecule has 3 amide bonds. The van der Waals surface area contributed by atoms with Crippen molar-refractivity contribution < 1.29 is 14.4 Å². The van der Waals surface area contributed by atoms with E-state index < -0.39 is 6.04 Å². The third-order valence-electron chi connectivity index (χ3n) is 3.82. The minimum atomic E-state index is -0.561. The van der Waals surface area contributed by atoms with E-state index in [0.717, 1.165) is 11.1 Å². The summed E-state index contributed by atoms with van der Waals surface area (Å²) < 4.78 is 0. The Kier molecular flexibility index (Phi) is 3.08. The summed E-state index contributed by atoms with van der Waals surface area (Å²) in [6, 6.07) is 4.92. The average Bonchev–Trinajstić information content (AvgIpc) is 2.75. The zero-order valence-electron chi connectivity index (χ0n) is 10.9. The summed E-state index contributed by atoms with van der Waals surface area (Å²) in [5.74, 6) is -0.819. The van der Waals surface area contributed by atoms with E-state index in [2.05, 4.69) is 5.32 Å². The highest BCUT2D eigenvalue weighted by Gasteiger charge is 2.38. The largest absolute Gasteiger partial charge is 0.322 e. The number of amides is 3. The lowest BCUT2D eigenvalue weighted by Crippen LogP contribution is -2.52. The van der Waals surface area contributed by atoms with Gasteiger partial charge in [0.2, 0.25) is 11.8 Å². The molecule has 0 spiro atoms. The standard InChI is InChI=1S/C14H13BN2O3/c15-6-8-1-2-10-9(5-8)7-17(14(10)20)11-3-4-12(18)16-13(11)19/h1-2,5,11H,3-4,6-7H2,(H,16,18,19). The summed E-state index contributed by atoms with van der Waals surface area (Å²) in [5, 5.41) is 2.28.